The Bertz CT molecular complexity index is 958. The van der Waals surface area contributed by atoms with Crippen LogP contribution in [0.5, 0.6) is 0 Å². The van der Waals surface area contributed by atoms with Gasteiger partial charge in [0.15, 0.2) is 6.10 Å². The van der Waals surface area contributed by atoms with Crippen molar-refractivity contribution in [3.05, 3.63) is 0 Å². The summed E-state index contributed by atoms with van der Waals surface area (Å²) >= 11 is 0. The lowest BCUT2D eigenvalue weighted by Crippen LogP contribution is -2.37. The van der Waals surface area contributed by atoms with E-state index < -0.39 is 26.5 Å². The number of unbranched alkanes of at least 4 members (excludes halogenated alkanes) is 32. The zero-order valence-corrected chi connectivity index (χ0v) is 39.9. The Morgan fingerprint density at radius 1 is 0.466 bits per heavy atom. The summed E-state index contributed by atoms with van der Waals surface area (Å²) in [6, 6.07) is 0. The van der Waals surface area contributed by atoms with Crippen molar-refractivity contribution in [3.8, 4) is 0 Å². The number of carbonyl (C=O) groups is 2. The highest BCUT2D eigenvalue weighted by Gasteiger charge is 2.21. The third kappa shape index (κ3) is 44.6. The molecule has 0 bridgehead atoms. The Hall–Kier alpha value is -0.990. The molecule has 9 nitrogen and oxygen atoms in total. The molecule has 346 valence electrons. The van der Waals surface area contributed by atoms with Crippen LogP contribution in [0.2, 0.25) is 0 Å². The molecule has 0 saturated carbocycles. The molecule has 58 heavy (non-hydrogen) atoms. The second kappa shape index (κ2) is 41.4. The molecule has 10 heteroatoms. The maximum atomic E-state index is 12.7. The highest BCUT2D eigenvalue weighted by Crippen LogP contribution is 2.38. The highest BCUT2D eigenvalue weighted by atomic mass is 31.2. The van der Waals surface area contributed by atoms with E-state index in [4.69, 9.17) is 18.5 Å². The molecule has 0 amide bonds. The van der Waals surface area contributed by atoms with Crippen molar-refractivity contribution < 1.29 is 42.1 Å². The molecule has 0 aromatic rings. The van der Waals surface area contributed by atoms with Gasteiger partial charge in [0.05, 0.1) is 27.7 Å². The molecule has 2 atom stereocenters. The number of phosphoric acid groups is 1. The minimum Gasteiger partial charge on any atom is -0.756 e. The lowest BCUT2D eigenvalue weighted by molar-refractivity contribution is -0.870. The number of rotatable bonds is 46. The van der Waals surface area contributed by atoms with E-state index in [0.717, 1.165) is 32.1 Å². The summed E-state index contributed by atoms with van der Waals surface area (Å²) in [6.07, 6.45) is 42.7. The lowest BCUT2D eigenvalue weighted by Gasteiger charge is -2.28. The van der Waals surface area contributed by atoms with Crippen LogP contribution in [0.15, 0.2) is 0 Å². The summed E-state index contributed by atoms with van der Waals surface area (Å²) in [5, 5.41) is 0. The van der Waals surface area contributed by atoms with Crippen molar-refractivity contribution >= 4 is 19.8 Å². The molecule has 0 spiro atoms. The van der Waals surface area contributed by atoms with Crippen LogP contribution in [0.3, 0.4) is 0 Å². The van der Waals surface area contributed by atoms with E-state index in [1.165, 1.54) is 180 Å². The molecule has 0 N–H and O–H groups in total. The van der Waals surface area contributed by atoms with Crippen LogP contribution in [0.25, 0.3) is 0 Å². The van der Waals surface area contributed by atoms with Gasteiger partial charge in [-0.1, -0.05) is 219 Å². The average molecular weight is 846 g/mol. The van der Waals surface area contributed by atoms with Crippen molar-refractivity contribution in [2.45, 2.75) is 251 Å². The highest BCUT2D eigenvalue weighted by molar-refractivity contribution is 7.45. The minimum atomic E-state index is -4.62. The Morgan fingerprint density at radius 2 is 0.776 bits per heavy atom. The number of phosphoric ester groups is 1. The van der Waals surface area contributed by atoms with Gasteiger partial charge in [0.25, 0.3) is 7.82 Å². The SMILES string of the molecule is CCCCCCCCCCCCCCCCCCCCCCCC(=O)OC[C@H](COP(=O)([O-])OCC[N+](C)(C)C)OC(=O)CCCCCCCCCCCCCCC. The number of hydrogen-bond donors (Lipinski definition) is 0. The number of ether oxygens (including phenoxy) is 2. The fourth-order valence-corrected chi connectivity index (χ4v) is 7.97. The summed E-state index contributed by atoms with van der Waals surface area (Å²) in [7, 11) is 1.18. The first-order chi connectivity index (χ1) is 28.0. The molecule has 0 aromatic heterocycles. The number of hydrogen-bond acceptors (Lipinski definition) is 8. The van der Waals surface area contributed by atoms with E-state index in [1.807, 2.05) is 21.1 Å². The smallest absolute Gasteiger partial charge is 0.306 e. The van der Waals surface area contributed by atoms with Gasteiger partial charge in [0.2, 0.25) is 0 Å². The second-order valence-electron chi connectivity index (χ2n) is 18.2. The van der Waals surface area contributed by atoms with Gasteiger partial charge >= 0.3 is 11.9 Å². The Labute approximate surface area is 359 Å². The van der Waals surface area contributed by atoms with Gasteiger partial charge in [-0.05, 0) is 12.8 Å². The summed E-state index contributed by atoms with van der Waals surface area (Å²) in [5.41, 5.74) is 0. The molecule has 0 rings (SSSR count). The van der Waals surface area contributed by atoms with E-state index in [0.29, 0.717) is 17.4 Å². The topological polar surface area (TPSA) is 111 Å². The molecule has 1 unspecified atom stereocenters. The van der Waals surface area contributed by atoms with Gasteiger partial charge in [-0.25, -0.2) is 0 Å². The molecule has 0 aliphatic carbocycles. The average Bonchev–Trinajstić information content (AvgIpc) is 3.17. The number of likely N-dealkylation sites (N-methyl/N-ethyl adjacent to an activating group) is 1. The van der Waals surface area contributed by atoms with E-state index in [-0.39, 0.29) is 32.0 Å². The Morgan fingerprint density at radius 3 is 1.10 bits per heavy atom. The summed E-state index contributed by atoms with van der Waals surface area (Å²) in [4.78, 5) is 37.6. The molecule has 0 fully saturated rings. The van der Waals surface area contributed by atoms with Crippen LogP contribution in [-0.4, -0.2) is 70.0 Å². The van der Waals surface area contributed by atoms with Gasteiger partial charge in [-0.15, -0.1) is 0 Å². The van der Waals surface area contributed by atoms with Gasteiger partial charge in [-0.2, -0.15) is 0 Å². The minimum absolute atomic E-state index is 0.0255. The molecular weight excluding hydrogens is 750 g/mol. The van der Waals surface area contributed by atoms with Crippen molar-refractivity contribution in [2.24, 2.45) is 0 Å². The number of carbonyl (C=O) groups excluding carboxylic acids is 2. The van der Waals surface area contributed by atoms with Crippen molar-refractivity contribution in [1.29, 1.82) is 0 Å². The molecule has 0 radical (unpaired) electrons. The lowest BCUT2D eigenvalue weighted by atomic mass is 10.0. The van der Waals surface area contributed by atoms with Crippen LogP contribution in [-0.2, 0) is 32.7 Å². The molecule has 0 aromatic carbocycles. The summed E-state index contributed by atoms with van der Waals surface area (Å²) in [6.45, 7) is 4.28. The van der Waals surface area contributed by atoms with Crippen LogP contribution in [0.4, 0.5) is 0 Å². The first-order valence-electron chi connectivity index (χ1n) is 24.7. The second-order valence-corrected chi connectivity index (χ2v) is 19.6. The van der Waals surface area contributed by atoms with Crippen LogP contribution < -0.4 is 4.89 Å². The predicted octanol–water partition coefficient (Wildman–Crippen LogP) is 13.7. The quantitative estimate of drug-likeness (QED) is 0.0258. The molecule has 0 aliphatic heterocycles. The van der Waals surface area contributed by atoms with E-state index in [9.17, 15) is 19.0 Å². The molecule has 0 heterocycles. The van der Waals surface area contributed by atoms with Crippen LogP contribution in [0.1, 0.15) is 245 Å². The van der Waals surface area contributed by atoms with E-state index in [2.05, 4.69) is 13.8 Å². The van der Waals surface area contributed by atoms with Crippen molar-refractivity contribution in [2.75, 3.05) is 47.5 Å². The fourth-order valence-electron chi connectivity index (χ4n) is 7.25. The third-order valence-electron chi connectivity index (χ3n) is 11.1. The fraction of sp³-hybridized carbons (Fsp3) is 0.958. The first-order valence-corrected chi connectivity index (χ1v) is 26.2. The van der Waals surface area contributed by atoms with Crippen LogP contribution >= 0.6 is 7.82 Å². The normalized spacial score (nSPS) is 13.4. The Kier molecular flexibility index (Phi) is 40.7. The zero-order valence-electron chi connectivity index (χ0n) is 39.0. The van der Waals surface area contributed by atoms with Gasteiger partial charge in [0.1, 0.15) is 19.8 Å². The number of nitrogens with zero attached hydrogens (tertiary/aromatic N) is 1. The van der Waals surface area contributed by atoms with Gasteiger partial charge in [-0.3, -0.25) is 14.2 Å². The maximum Gasteiger partial charge on any atom is 0.306 e. The Balaban J connectivity index is 4.17. The zero-order chi connectivity index (χ0) is 42.8. The first kappa shape index (κ1) is 57.0. The molecule has 0 aliphatic rings. The third-order valence-corrected chi connectivity index (χ3v) is 12.1. The van der Waals surface area contributed by atoms with E-state index in [1.54, 1.807) is 0 Å². The number of esters is 2. The largest absolute Gasteiger partial charge is 0.756 e. The molecular formula is C48H96NO8P. The van der Waals surface area contributed by atoms with Gasteiger partial charge < -0.3 is 27.9 Å². The standard InChI is InChI=1S/C48H96NO8P/c1-6-8-10-12-14-16-18-20-21-22-23-24-25-26-27-29-30-32-34-36-38-40-47(50)54-44-46(45-56-58(52,53)55-43-42-49(3,4)5)57-48(51)41-39-37-35-33-31-28-19-17-15-13-11-9-7-2/h46H,6-45H2,1-5H3/t46-/m1/s1. The van der Waals surface area contributed by atoms with Crippen molar-refractivity contribution in [3.63, 3.8) is 0 Å². The van der Waals surface area contributed by atoms with E-state index >= 15 is 0 Å². The number of quaternary nitrogens is 1. The summed E-state index contributed by atoms with van der Waals surface area (Å²) < 4.78 is 34.0. The molecule has 0 saturated heterocycles. The predicted molar refractivity (Wildman–Crippen MR) is 241 cm³/mol. The maximum absolute atomic E-state index is 12.7. The van der Waals surface area contributed by atoms with Gasteiger partial charge in [0, 0.05) is 12.8 Å². The van der Waals surface area contributed by atoms with Crippen molar-refractivity contribution in [1.82, 2.24) is 0 Å². The summed E-state index contributed by atoms with van der Waals surface area (Å²) in [5.74, 6) is -0.816. The monoisotopic (exact) mass is 846 g/mol. The van der Waals surface area contributed by atoms with Crippen LogP contribution in [0, 0.1) is 0 Å².